The third-order valence-corrected chi connectivity index (χ3v) is 1.53. The van der Waals surface area contributed by atoms with Gasteiger partial charge in [-0.2, -0.15) is 0 Å². The van der Waals surface area contributed by atoms with Crippen LogP contribution in [0.3, 0.4) is 0 Å². The molecule has 0 amide bonds. The molecule has 0 atom stereocenters. The first kappa shape index (κ1) is 8.71. The summed E-state index contributed by atoms with van der Waals surface area (Å²) in [6.45, 7) is 1.68. The van der Waals surface area contributed by atoms with Crippen LogP contribution < -0.4 is 0 Å². The van der Waals surface area contributed by atoms with E-state index < -0.39 is 5.82 Å². The molecule has 1 aromatic carbocycles. The molecule has 0 aliphatic carbocycles. The van der Waals surface area contributed by atoms with Gasteiger partial charge in [-0.05, 0) is 12.1 Å². The number of rotatable bonds is 2. The maximum Gasteiger partial charge on any atom is 0.162 e. The smallest absolute Gasteiger partial charge is 0.162 e. The van der Waals surface area contributed by atoms with Crippen LogP contribution in [-0.2, 0) is 0 Å². The van der Waals surface area contributed by atoms with Gasteiger partial charge >= 0.3 is 0 Å². The molecule has 0 aliphatic heterocycles. The number of carbonyl (C=O) groups excluding carboxylic acids is 1. The number of halogens is 1. The summed E-state index contributed by atoms with van der Waals surface area (Å²) in [5, 5.41) is 8.95. The minimum Gasteiger partial charge on any atom is -0.508 e. The second-order valence-corrected chi connectivity index (χ2v) is 2.47. The fraction of sp³-hybridized carbons (Fsp3) is 0.222. The number of phenols is 1. The quantitative estimate of drug-likeness (QED) is 0.687. The Morgan fingerprint density at radius 1 is 1.50 bits per heavy atom. The number of hydrogen-bond acceptors (Lipinski definition) is 2. The van der Waals surface area contributed by atoms with E-state index in [-0.39, 0.29) is 17.1 Å². The summed E-state index contributed by atoms with van der Waals surface area (Å²) in [5.74, 6) is -0.983. The second-order valence-electron chi connectivity index (χ2n) is 2.47. The van der Waals surface area contributed by atoms with Crippen molar-refractivity contribution in [1.29, 1.82) is 0 Å². The fourth-order valence-corrected chi connectivity index (χ4v) is 0.939. The Morgan fingerprint density at radius 3 is 2.67 bits per heavy atom. The lowest BCUT2D eigenvalue weighted by molar-refractivity contribution is 0.0987. The van der Waals surface area contributed by atoms with Gasteiger partial charge in [0.2, 0.25) is 0 Å². The van der Waals surface area contributed by atoms with Gasteiger partial charge in [0.1, 0.15) is 11.6 Å². The van der Waals surface area contributed by atoms with Gasteiger partial charge in [-0.1, -0.05) is 6.92 Å². The highest BCUT2D eigenvalue weighted by Gasteiger charge is 2.05. The molecule has 64 valence electrons. The molecule has 1 N–H and O–H groups in total. The first-order valence-corrected chi connectivity index (χ1v) is 3.66. The zero-order valence-corrected chi connectivity index (χ0v) is 6.67. The lowest BCUT2D eigenvalue weighted by Crippen LogP contribution is -1.96. The van der Waals surface area contributed by atoms with Crippen LogP contribution in [0.2, 0.25) is 0 Å². The number of aromatic hydroxyl groups is 1. The Balaban J connectivity index is 3.08. The molecular formula is C9H9FO2. The van der Waals surface area contributed by atoms with Gasteiger partial charge < -0.3 is 5.11 Å². The monoisotopic (exact) mass is 168 g/mol. The highest BCUT2D eigenvalue weighted by atomic mass is 19.1. The lowest BCUT2D eigenvalue weighted by atomic mass is 10.1. The average Bonchev–Trinajstić information content (AvgIpc) is 2.01. The van der Waals surface area contributed by atoms with Gasteiger partial charge in [-0.25, -0.2) is 4.39 Å². The summed E-state index contributed by atoms with van der Waals surface area (Å²) in [5.41, 5.74) is 0.218. The zero-order valence-electron chi connectivity index (χ0n) is 6.67. The van der Waals surface area contributed by atoms with Crippen molar-refractivity contribution in [3.63, 3.8) is 0 Å². The third kappa shape index (κ3) is 1.81. The summed E-state index contributed by atoms with van der Waals surface area (Å²) < 4.78 is 12.6. The van der Waals surface area contributed by atoms with E-state index in [1.165, 1.54) is 6.07 Å². The first-order chi connectivity index (χ1) is 5.63. The molecule has 12 heavy (non-hydrogen) atoms. The maximum absolute atomic E-state index is 12.6. The number of phenolic OH excluding ortho intramolecular Hbond substituents is 1. The average molecular weight is 168 g/mol. The Hall–Kier alpha value is -1.38. The van der Waals surface area contributed by atoms with Crippen molar-refractivity contribution < 1.29 is 14.3 Å². The molecule has 0 heterocycles. The summed E-state index contributed by atoms with van der Waals surface area (Å²) in [6, 6.07) is 3.34. The molecule has 1 aromatic rings. The van der Waals surface area contributed by atoms with E-state index in [9.17, 15) is 9.18 Å². The second kappa shape index (κ2) is 3.34. The molecule has 0 fully saturated rings. The topological polar surface area (TPSA) is 37.3 Å². The van der Waals surface area contributed by atoms with Crippen molar-refractivity contribution >= 4 is 5.78 Å². The van der Waals surface area contributed by atoms with E-state index >= 15 is 0 Å². The molecule has 3 heteroatoms. The summed E-state index contributed by atoms with van der Waals surface area (Å²) in [4.78, 5) is 11.0. The van der Waals surface area contributed by atoms with Crippen LogP contribution in [0.25, 0.3) is 0 Å². The minimum absolute atomic E-state index is 0.176. The van der Waals surface area contributed by atoms with E-state index in [0.717, 1.165) is 12.1 Å². The standard InChI is InChI=1S/C9H9FO2/c1-2-9(12)6-3-7(10)5-8(11)4-6/h3-5,11H,2H2,1H3. The van der Waals surface area contributed by atoms with Crippen LogP contribution in [0.5, 0.6) is 5.75 Å². The van der Waals surface area contributed by atoms with E-state index in [4.69, 9.17) is 5.11 Å². The van der Waals surface area contributed by atoms with Gasteiger partial charge in [0.05, 0.1) is 0 Å². The molecule has 0 aromatic heterocycles. The number of Topliss-reactive ketones (excluding diaryl/α,β-unsaturated/α-hetero) is 1. The van der Waals surface area contributed by atoms with E-state index in [1.807, 2.05) is 0 Å². The van der Waals surface area contributed by atoms with Crippen molar-refractivity contribution in [3.05, 3.63) is 29.6 Å². The number of hydrogen-bond donors (Lipinski definition) is 1. The normalized spacial score (nSPS) is 9.83. The molecule has 2 nitrogen and oxygen atoms in total. The fourth-order valence-electron chi connectivity index (χ4n) is 0.939. The summed E-state index contributed by atoms with van der Waals surface area (Å²) in [6.07, 6.45) is 0.308. The van der Waals surface area contributed by atoms with Crippen LogP contribution in [0, 0.1) is 5.82 Å². The first-order valence-electron chi connectivity index (χ1n) is 3.66. The molecule has 0 bridgehead atoms. The Morgan fingerprint density at radius 2 is 2.17 bits per heavy atom. The van der Waals surface area contributed by atoms with E-state index in [2.05, 4.69) is 0 Å². The summed E-state index contributed by atoms with van der Waals surface area (Å²) >= 11 is 0. The highest BCUT2D eigenvalue weighted by molar-refractivity contribution is 5.96. The molecule has 0 unspecified atom stereocenters. The van der Waals surface area contributed by atoms with Crippen molar-refractivity contribution in [3.8, 4) is 5.75 Å². The molecular weight excluding hydrogens is 159 g/mol. The van der Waals surface area contributed by atoms with Crippen LogP contribution in [0.4, 0.5) is 4.39 Å². The van der Waals surface area contributed by atoms with Crippen molar-refractivity contribution in [2.75, 3.05) is 0 Å². The van der Waals surface area contributed by atoms with Gasteiger partial charge in [0.15, 0.2) is 5.78 Å². The Bertz CT molecular complexity index is 287. The Labute approximate surface area is 69.6 Å². The van der Waals surface area contributed by atoms with Crippen molar-refractivity contribution in [2.45, 2.75) is 13.3 Å². The highest BCUT2D eigenvalue weighted by Crippen LogP contribution is 2.15. The third-order valence-electron chi connectivity index (χ3n) is 1.53. The van der Waals surface area contributed by atoms with Gasteiger partial charge in [-0.3, -0.25) is 4.79 Å². The molecule has 0 aliphatic rings. The maximum atomic E-state index is 12.6. The van der Waals surface area contributed by atoms with Crippen LogP contribution in [-0.4, -0.2) is 10.9 Å². The van der Waals surface area contributed by atoms with Crippen molar-refractivity contribution in [2.24, 2.45) is 0 Å². The van der Waals surface area contributed by atoms with Gasteiger partial charge in [0.25, 0.3) is 0 Å². The Kier molecular flexibility index (Phi) is 2.43. The van der Waals surface area contributed by atoms with E-state index in [1.54, 1.807) is 6.92 Å². The zero-order chi connectivity index (χ0) is 9.14. The van der Waals surface area contributed by atoms with E-state index in [0.29, 0.717) is 6.42 Å². The predicted molar refractivity (Wildman–Crippen MR) is 42.7 cm³/mol. The largest absolute Gasteiger partial charge is 0.508 e. The molecule has 0 radical (unpaired) electrons. The molecule has 0 saturated heterocycles. The number of carbonyl (C=O) groups is 1. The molecule has 0 spiro atoms. The van der Waals surface area contributed by atoms with Gasteiger partial charge in [-0.15, -0.1) is 0 Å². The lowest BCUT2D eigenvalue weighted by Gasteiger charge is -1.98. The van der Waals surface area contributed by atoms with Gasteiger partial charge in [0, 0.05) is 18.1 Å². The van der Waals surface area contributed by atoms with Crippen LogP contribution >= 0.6 is 0 Å². The van der Waals surface area contributed by atoms with Crippen molar-refractivity contribution in [1.82, 2.24) is 0 Å². The van der Waals surface area contributed by atoms with Crippen LogP contribution in [0.15, 0.2) is 18.2 Å². The number of ketones is 1. The molecule has 0 saturated carbocycles. The SMILES string of the molecule is CCC(=O)c1cc(O)cc(F)c1. The predicted octanol–water partition coefficient (Wildman–Crippen LogP) is 2.12. The minimum atomic E-state index is -0.591. The van der Waals surface area contributed by atoms with Crippen LogP contribution in [0.1, 0.15) is 23.7 Å². The number of benzene rings is 1. The molecule has 1 rings (SSSR count). The summed E-state index contributed by atoms with van der Waals surface area (Å²) in [7, 11) is 0.